The van der Waals surface area contributed by atoms with E-state index in [0.29, 0.717) is 12.6 Å². The van der Waals surface area contributed by atoms with Crippen molar-refractivity contribution in [3.63, 3.8) is 0 Å². The average molecular weight is 432 g/mol. The molecule has 32 heavy (non-hydrogen) atoms. The van der Waals surface area contributed by atoms with Gasteiger partial charge in [-0.2, -0.15) is 0 Å². The number of aryl methyl sites for hydroxylation is 1. The average Bonchev–Trinajstić information content (AvgIpc) is 3.45. The van der Waals surface area contributed by atoms with E-state index in [1.807, 2.05) is 6.07 Å². The molecule has 2 heterocycles. The Balaban J connectivity index is 1.15. The molecule has 0 radical (unpaired) electrons. The molecule has 5 heteroatoms. The fourth-order valence-corrected chi connectivity index (χ4v) is 5.01. The van der Waals surface area contributed by atoms with Gasteiger partial charge in [-0.25, -0.2) is 0 Å². The predicted molar refractivity (Wildman–Crippen MR) is 127 cm³/mol. The van der Waals surface area contributed by atoms with Crippen LogP contribution in [0.25, 0.3) is 0 Å². The molecule has 0 amide bonds. The number of nitrogens with one attached hydrogen (secondary N) is 2. The lowest BCUT2D eigenvalue weighted by atomic mass is 9.97. The van der Waals surface area contributed by atoms with Crippen LogP contribution in [0.3, 0.4) is 0 Å². The Kier molecular flexibility index (Phi) is 5.60. The summed E-state index contributed by atoms with van der Waals surface area (Å²) in [5.74, 6) is 1.69. The molecule has 1 saturated heterocycles. The fraction of sp³-hybridized carbons (Fsp3) is 0.407. The maximum Gasteiger partial charge on any atom is 0.128 e. The summed E-state index contributed by atoms with van der Waals surface area (Å²) in [6.45, 7) is 8.78. The van der Waals surface area contributed by atoms with E-state index in [2.05, 4.69) is 78.1 Å². The minimum atomic E-state index is -0.562. The Hall–Kier alpha value is -2.92. The number of hydrogen-bond acceptors (Lipinski definition) is 4. The van der Waals surface area contributed by atoms with Gasteiger partial charge in [0, 0.05) is 36.0 Å². The highest BCUT2D eigenvalue weighted by atomic mass is 16.5. The molecule has 168 valence electrons. The van der Waals surface area contributed by atoms with Gasteiger partial charge in [0.05, 0.1) is 18.0 Å². The van der Waals surface area contributed by atoms with Crippen LogP contribution < -0.4 is 10.6 Å². The highest BCUT2D eigenvalue weighted by Crippen LogP contribution is 2.41. The SMILES string of the molecule is C=C(NCC(O)c1cc(C)n(C2CC2)c1C)NC1C=C2OC(c3ccccc3)CC2=CC1. The van der Waals surface area contributed by atoms with Crippen LogP contribution in [0.5, 0.6) is 0 Å². The van der Waals surface area contributed by atoms with Crippen molar-refractivity contribution in [2.45, 2.75) is 63.8 Å². The second-order valence-corrected chi connectivity index (χ2v) is 9.27. The summed E-state index contributed by atoms with van der Waals surface area (Å²) in [5.41, 5.74) is 5.93. The van der Waals surface area contributed by atoms with Gasteiger partial charge in [-0.3, -0.25) is 0 Å². The summed E-state index contributed by atoms with van der Waals surface area (Å²) < 4.78 is 8.60. The maximum absolute atomic E-state index is 10.8. The first-order chi connectivity index (χ1) is 15.5. The lowest BCUT2D eigenvalue weighted by molar-refractivity contribution is 0.161. The lowest BCUT2D eigenvalue weighted by Crippen LogP contribution is -2.35. The minimum Gasteiger partial charge on any atom is -0.485 e. The lowest BCUT2D eigenvalue weighted by Gasteiger charge is -2.22. The number of nitrogens with zero attached hydrogens (tertiary/aromatic N) is 1. The van der Waals surface area contributed by atoms with Crippen molar-refractivity contribution in [2.75, 3.05) is 6.54 Å². The molecule has 2 fully saturated rings. The van der Waals surface area contributed by atoms with Gasteiger partial charge in [-0.05, 0) is 56.4 Å². The van der Waals surface area contributed by atoms with Gasteiger partial charge < -0.3 is 25.0 Å². The molecule has 2 aromatic rings. The van der Waals surface area contributed by atoms with Gasteiger partial charge in [-0.15, -0.1) is 0 Å². The maximum atomic E-state index is 10.8. The van der Waals surface area contributed by atoms with Crippen molar-refractivity contribution in [1.29, 1.82) is 0 Å². The van der Waals surface area contributed by atoms with E-state index in [1.54, 1.807) is 0 Å². The molecule has 5 nitrogen and oxygen atoms in total. The fourth-order valence-electron chi connectivity index (χ4n) is 5.01. The van der Waals surface area contributed by atoms with Crippen LogP contribution >= 0.6 is 0 Å². The molecular weight excluding hydrogens is 398 g/mol. The number of ether oxygens (including phenoxy) is 1. The zero-order valence-electron chi connectivity index (χ0n) is 19.0. The Morgan fingerprint density at radius 2 is 2.03 bits per heavy atom. The number of aliphatic hydroxyl groups excluding tert-OH is 1. The Morgan fingerprint density at radius 3 is 2.78 bits per heavy atom. The molecule has 3 unspecified atom stereocenters. The third-order valence-electron chi connectivity index (χ3n) is 6.80. The van der Waals surface area contributed by atoms with E-state index in [0.717, 1.165) is 30.0 Å². The van der Waals surface area contributed by atoms with Crippen LogP contribution in [0.2, 0.25) is 0 Å². The molecular formula is C27H33N3O2. The zero-order chi connectivity index (χ0) is 22.2. The Bertz CT molecular complexity index is 1060. The number of rotatable bonds is 8. The van der Waals surface area contributed by atoms with Gasteiger partial charge in [0.15, 0.2) is 0 Å². The largest absolute Gasteiger partial charge is 0.485 e. The molecule has 3 N–H and O–H groups in total. The first-order valence-electron chi connectivity index (χ1n) is 11.7. The first kappa shape index (κ1) is 21.0. The van der Waals surface area contributed by atoms with Gasteiger partial charge in [0.2, 0.25) is 0 Å². The number of hydrogen-bond donors (Lipinski definition) is 3. The van der Waals surface area contributed by atoms with Crippen LogP contribution in [0.15, 0.2) is 72.3 Å². The van der Waals surface area contributed by atoms with Crippen molar-refractivity contribution >= 4 is 0 Å². The second-order valence-electron chi connectivity index (χ2n) is 9.27. The molecule has 2 aliphatic carbocycles. The van der Waals surface area contributed by atoms with E-state index >= 15 is 0 Å². The van der Waals surface area contributed by atoms with Gasteiger partial charge in [-0.1, -0.05) is 43.0 Å². The van der Waals surface area contributed by atoms with E-state index in [4.69, 9.17) is 4.74 Å². The van der Waals surface area contributed by atoms with Gasteiger partial charge >= 0.3 is 0 Å². The molecule has 0 bridgehead atoms. The highest BCUT2D eigenvalue weighted by molar-refractivity contribution is 5.38. The van der Waals surface area contributed by atoms with Crippen LogP contribution in [0, 0.1) is 13.8 Å². The standard InChI is InChI=1S/C27H33N3O2/c1-17-13-24(18(2)30(17)23-11-12-23)25(31)16-28-19(3)29-22-10-9-21-14-26(32-27(21)15-22)20-7-5-4-6-8-20/h4-9,13,15,22-23,25-26,28-29,31H,3,10-12,14,16H2,1-2H3. The molecule has 1 aromatic carbocycles. The van der Waals surface area contributed by atoms with E-state index in [-0.39, 0.29) is 12.1 Å². The summed E-state index contributed by atoms with van der Waals surface area (Å²) in [4.78, 5) is 0. The summed E-state index contributed by atoms with van der Waals surface area (Å²) in [7, 11) is 0. The summed E-state index contributed by atoms with van der Waals surface area (Å²) in [6.07, 6.45) is 8.27. The first-order valence-corrected chi connectivity index (χ1v) is 11.7. The van der Waals surface area contributed by atoms with Crippen molar-refractivity contribution in [2.24, 2.45) is 0 Å². The van der Waals surface area contributed by atoms with Crippen LogP contribution in [0.1, 0.15) is 66.4 Å². The monoisotopic (exact) mass is 431 g/mol. The third-order valence-corrected chi connectivity index (χ3v) is 6.80. The van der Waals surface area contributed by atoms with Crippen LogP contribution in [-0.2, 0) is 4.74 Å². The number of aromatic nitrogens is 1. The topological polar surface area (TPSA) is 58.5 Å². The van der Waals surface area contributed by atoms with Crippen molar-refractivity contribution < 1.29 is 9.84 Å². The molecule has 3 atom stereocenters. The number of allylic oxidation sites excluding steroid dienone is 1. The molecule has 1 saturated carbocycles. The number of fused-ring (bicyclic) bond motifs is 1. The molecule has 0 spiro atoms. The third kappa shape index (κ3) is 4.22. The quantitative estimate of drug-likeness (QED) is 0.558. The summed E-state index contributed by atoms with van der Waals surface area (Å²) in [6, 6.07) is 13.3. The highest BCUT2D eigenvalue weighted by Gasteiger charge is 2.30. The van der Waals surface area contributed by atoms with E-state index in [1.165, 1.54) is 35.4 Å². The van der Waals surface area contributed by atoms with Gasteiger partial charge in [0.25, 0.3) is 0 Å². The van der Waals surface area contributed by atoms with Crippen molar-refractivity contribution in [1.82, 2.24) is 15.2 Å². The van der Waals surface area contributed by atoms with E-state index in [9.17, 15) is 5.11 Å². The Labute approximate surface area is 190 Å². The summed E-state index contributed by atoms with van der Waals surface area (Å²) in [5, 5.41) is 17.5. The summed E-state index contributed by atoms with van der Waals surface area (Å²) >= 11 is 0. The second kappa shape index (κ2) is 8.55. The Morgan fingerprint density at radius 1 is 1.25 bits per heavy atom. The van der Waals surface area contributed by atoms with E-state index < -0.39 is 6.10 Å². The molecule has 1 aliphatic heterocycles. The number of benzene rings is 1. The predicted octanol–water partition coefficient (Wildman–Crippen LogP) is 4.87. The van der Waals surface area contributed by atoms with Crippen molar-refractivity contribution in [3.8, 4) is 0 Å². The smallest absolute Gasteiger partial charge is 0.128 e. The normalized spacial score (nSPS) is 23.0. The minimum absolute atomic E-state index is 0.0959. The number of aliphatic hydroxyl groups is 1. The van der Waals surface area contributed by atoms with Crippen LogP contribution in [-0.4, -0.2) is 22.3 Å². The molecule has 5 rings (SSSR count). The van der Waals surface area contributed by atoms with Crippen molar-refractivity contribution in [3.05, 3.63) is 94.8 Å². The van der Waals surface area contributed by atoms with Gasteiger partial charge in [0.1, 0.15) is 11.9 Å². The zero-order valence-corrected chi connectivity index (χ0v) is 19.0. The molecule has 1 aromatic heterocycles. The molecule has 3 aliphatic rings. The van der Waals surface area contributed by atoms with Crippen LogP contribution in [0.4, 0.5) is 0 Å².